The number of rotatable bonds is 9. The van der Waals surface area contributed by atoms with Crippen LogP contribution >= 0.6 is 12.4 Å². The van der Waals surface area contributed by atoms with Gasteiger partial charge in [-0.15, -0.1) is 12.4 Å². The van der Waals surface area contributed by atoms with Gasteiger partial charge < -0.3 is 31.7 Å². The molecule has 3 amide bonds. The van der Waals surface area contributed by atoms with Gasteiger partial charge in [-0.2, -0.15) is 0 Å². The first-order chi connectivity index (χ1) is 14.6. The van der Waals surface area contributed by atoms with Crippen molar-refractivity contribution in [2.24, 2.45) is 17.6 Å². The number of nitrogens with one attached hydrogen (secondary N) is 3. The number of halogens is 1. The van der Waals surface area contributed by atoms with E-state index in [1.807, 2.05) is 0 Å². The van der Waals surface area contributed by atoms with Gasteiger partial charge in [0.2, 0.25) is 17.7 Å². The number of carboxylic acid groups (broad SMARTS) is 1. The molecule has 2 saturated heterocycles. The first kappa shape index (κ1) is 28.1. The van der Waals surface area contributed by atoms with E-state index in [1.165, 1.54) is 13.8 Å². The lowest BCUT2D eigenvalue weighted by Gasteiger charge is -2.33. The zero-order valence-corrected chi connectivity index (χ0v) is 19.8. The van der Waals surface area contributed by atoms with Crippen LogP contribution in [0.25, 0.3) is 0 Å². The summed E-state index contributed by atoms with van der Waals surface area (Å²) in [5, 5.41) is 17.5. The molecule has 2 aliphatic rings. The van der Waals surface area contributed by atoms with E-state index >= 15 is 0 Å². The molecular weight excluding hydrogens is 438 g/mol. The van der Waals surface area contributed by atoms with Crippen LogP contribution in [0.3, 0.4) is 0 Å². The SMILES string of the molecule is CC(C)(N)C(=O)N[C@H](CC(=O)O)NC(=O)[C@@H]1CCCN(C(=O)CCC2CCNCC2)C1.Cl. The number of piperidine rings is 2. The molecule has 0 aromatic carbocycles. The van der Waals surface area contributed by atoms with Crippen molar-refractivity contribution in [3.63, 3.8) is 0 Å². The molecule has 2 atom stereocenters. The third kappa shape index (κ3) is 9.30. The average Bonchev–Trinajstić information content (AvgIpc) is 2.71. The fourth-order valence-electron chi connectivity index (χ4n) is 4.02. The van der Waals surface area contributed by atoms with Crippen LogP contribution in [-0.2, 0) is 19.2 Å². The number of carbonyl (C=O) groups excluding carboxylic acids is 3. The molecule has 184 valence electrons. The maximum atomic E-state index is 12.8. The van der Waals surface area contributed by atoms with Crippen molar-refractivity contribution in [3.8, 4) is 0 Å². The lowest BCUT2D eigenvalue weighted by atomic mass is 9.92. The molecule has 6 N–H and O–H groups in total. The standard InChI is InChI=1S/C21H37N5O5.ClH/c1-21(2,22)20(31)25-16(12-18(28)29)24-19(30)15-4-3-11-26(13-15)17(27)6-5-14-7-9-23-10-8-14;/h14-16,23H,3-13,22H2,1-2H3,(H,24,30)(H,25,31)(H,28,29);1H/t15-,16-;/m1./s1. The summed E-state index contributed by atoms with van der Waals surface area (Å²) in [7, 11) is 0. The molecular formula is C21H38ClN5O5. The second-order valence-corrected chi connectivity index (χ2v) is 9.27. The number of carbonyl (C=O) groups is 4. The van der Waals surface area contributed by atoms with E-state index in [-0.39, 0.29) is 24.2 Å². The number of hydrogen-bond acceptors (Lipinski definition) is 6. The van der Waals surface area contributed by atoms with E-state index in [2.05, 4.69) is 16.0 Å². The lowest BCUT2D eigenvalue weighted by molar-refractivity contribution is -0.138. The number of aliphatic carboxylic acids is 1. The normalized spacial score (nSPS) is 20.6. The highest BCUT2D eigenvalue weighted by Gasteiger charge is 2.32. The molecule has 0 radical (unpaired) electrons. The minimum absolute atomic E-state index is 0. The van der Waals surface area contributed by atoms with Crippen LogP contribution in [0.15, 0.2) is 0 Å². The Hall–Kier alpha value is -1.91. The first-order valence-corrected chi connectivity index (χ1v) is 11.2. The summed E-state index contributed by atoms with van der Waals surface area (Å²) in [5.41, 5.74) is 4.54. The largest absolute Gasteiger partial charge is 0.481 e. The van der Waals surface area contributed by atoms with E-state index < -0.39 is 35.9 Å². The Kier molecular flexibility index (Phi) is 11.4. The molecule has 32 heavy (non-hydrogen) atoms. The summed E-state index contributed by atoms with van der Waals surface area (Å²) in [4.78, 5) is 50.4. The van der Waals surface area contributed by atoms with Gasteiger partial charge in [0.1, 0.15) is 6.17 Å². The molecule has 0 unspecified atom stereocenters. The molecule has 0 aliphatic carbocycles. The molecule has 11 heteroatoms. The van der Waals surface area contributed by atoms with Gasteiger partial charge in [-0.25, -0.2) is 0 Å². The quantitative estimate of drug-likeness (QED) is 0.298. The molecule has 0 aromatic rings. The zero-order chi connectivity index (χ0) is 23.0. The molecule has 0 bridgehead atoms. The topological polar surface area (TPSA) is 154 Å². The summed E-state index contributed by atoms with van der Waals surface area (Å²) < 4.78 is 0. The van der Waals surface area contributed by atoms with Gasteiger partial charge in [0.15, 0.2) is 0 Å². The molecule has 10 nitrogen and oxygen atoms in total. The molecule has 0 aromatic heterocycles. The smallest absolute Gasteiger partial charge is 0.307 e. The van der Waals surface area contributed by atoms with Crippen LogP contribution in [0.4, 0.5) is 0 Å². The number of likely N-dealkylation sites (tertiary alicyclic amines) is 1. The maximum absolute atomic E-state index is 12.8. The highest BCUT2D eigenvalue weighted by atomic mass is 35.5. The number of nitrogens with two attached hydrogens (primary N) is 1. The fourth-order valence-corrected chi connectivity index (χ4v) is 4.02. The fraction of sp³-hybridized carbons (Fsp3) is 0.810. The summed E-state index contributed by atoms with van der Waals surface area (Å²) in [6.45, 7) is 5.94. The van der Waals surface area contributed by atoms with Gasteiger partial charge in [-0.05, 0) is 65.0 Å². The predicted octanol–water partition coefficient (Wildman–Crippen LogP) is 0.197. The lowest BCUT2D eigenvalue weighted by Crippen LogP contribution is -2.58. The Balaban J connectivity index is 0.00000512. The maximum Gasteiger partial charge on any atom is 0.307 e. The van der Waals surface area contributed by atoms with Gasteiger partial charge in [0, 0.05) is 19.5 Å². The van der Waals surface area contributed by atoms with Crippen LogP contribution < -0.4 is 21.7 Å². The molecule has 0 saturated carbocycles. The Labute approximate surface area is 195 Å². The van der Waals surface area contributed by atoms with Gasteiger partial charge >= 0.3 is 5.97 Å². The van der Waals surface area contributed by atoms with Crippen molar-refractivity contribution in [1.29, 1.82) is 0 Å². The summed E-state index contributed by atoms with van der Waals surface area (Å²) >= 11 is 0. The van der Waals surface area contributed by atoms with Crippen LogP contribution in [-0.4, -0.2) is 71.6 Å². The average molecular weight is 476 g/mol. The monoisotopic (exact) mass is 475 g/mol. The third-order valence-electron chi connectivity index (χ3n) is 5.96. The summed E-state index contributed by atoms with van der Waals surface area (Å²) in [5.74, 6) is -1.87. The Morgan fingerprint density at radius 1 is 1.16 bits per heavy atom. The van der Waals surface area contributed by atoms with Crippen LogP contribution in [0.1, 0.15) is 58.8 Å². The third-order valence-corrected chi connectivity index (χ3v) is 5.96. The Bertz CT molecular complexity index is 663. The molecule has 0 spiro atoms. The highest BCUT2D eigenvalue weighted by Crippen LogP contribution is 2.21. The van der Waals surface area contributed by atoms with Crippen LogP contribution in [0.5, 0.6) is 0 Å². The highest BCUT2D eigenvalue weighted by molar-refractivity contribution is 5.87. The Morgan fingerprint density at radius 3 is 2.41 bits per heavy atom. The minimum atomic E-state index is -1.20. The Morgan fingerprint density at radius 2 is 1.81 bits per heavy atom. The van der Waals surface area contributed by atoms with Gasteiger partial charge in [-0.3, -0.25) is 19.2 Å². The van der Waals surface area contributed by atoms with E-state index in [4.69, 9.17) is 10.8 Å². The summed E-state index contributed by atoms with van der Waals surface area (Å²) in [6, 6.07) is 0. The van der Waals surface area contributed by atoms with E-state index in [0.717, 1.165) is 32.4 Å². The van der Waals surface area contributed by atoms with Crippen molar-refractivity contribution in [2.45, 2.75) is 70.5 Å². The number of nitrogens with zero attached hydrogens (tertiary/aromatic N) is 1. The summed E-state index contributed by atoms with van der Waals surface area (Å²) in [6.07, 6.45) is 3.34. The van der Waals surface area contributed by atoms with Crippen molar-refractivity contribution in [3.05, 3.63) is 0 Å². The minimum Gasteiger partial charge on any atom is -0.481 e. The number of carboxylic acids is 1. The van der Waals surface area contributed by atoms with E-state index in [1.54, 1.807) is 4.90 Å². The van der Waals surface area contributed by atoms with Crippen molar-refractivity contribution in [2.75, 3.05) is 26.2 Å². The second-order valence-electron chi connectivity index (χ2n) is 9.27. The van der Waals surface area contributed by atoms with Crippen molar-refractivity contribution in [1.82, 2.24) is 20.9 Å². The van der Waals surface area contributed by atoms with Crippen molar-refractivity contribution < 1.29 is 24.3 Å². The van der Waals surface area contributed by atoms with Crippen LogP contribution in [0.2, 0.25) is 0 Å². The molecule has 2 rings (SSSR count). The van der Waals surface area contributed by atoms with Gasteiger partial charge in [-0.1, -0.05) is 0 Å². The predicted molar refractivity (Wildman–Crippen MR) is 122 cm³/mol. The molecule has 2 aliphatic heterocycles. The van der Waals surface area contributed by atoms with Gasteiger partial charge in [0.05, 0.1) is 17.9 Å². The second kappa shape index (κ2) is 13.0. The molecule has 2 heterocycles. The number of hydrogen-bond donors (Lipinski definition) is 5. The van der Waals surface area contributed by atoms with E-state index in [9.17, 15) is 19.2 Å². The number of amides is 3. The van der Waals surface area contributed by atoms with E-state index in [0.29, 0.717) is 38.3 Å². The van der Waals surface area contributed by atoms with Crippen LogP contribution in [0, 0.1) is 11.8 Å². The molecule has 2 fully saturated rings. The van der Waals surface area contributed by atoms with Crippen molar-refractivity contribution >= 4 is 36.1 Å². The van der Waals surface area contributed by atoms with Gasteiger partial charge in [0.25, 0.3) is 0 Å². The zero-order valence-electron chi connectivity index (χ0n) is 19.0. The first-order valence-electron chi connectivity index (χ1n) is 11.2.